The van der Waals surface area contributed by atoms with Gasteiger partial charge in [0.25, 0.3) is 5.91 Å². The smallest absolute Gasteiger partial charge is 0.256 e. The SMILES string of the molecule is CC(=O)Nc1cccc(NC(=O)c2ccc(C#Cc3ccc(C#Cc4ccc(SC(C)=O)cc4)cc3)cc2)n1. The number of hydrogen-bond donors (Lipinski definition) is 2. The summed E-state index contributed by atoms with van der Waals surface area (Å²) in [7, 11) is 0. The monoisotopic (exact) mass is 529 g/mol. The molecule has 0 aliphatic rings. The van der Waals surface area contributed by atoms with Gasteiger partial charge in [-0.3, -0.25) is 14.4 Å². The fraction of sp³-hybridized carbons (Fsp3) is 0.0625. The molecule has 0 bridgehead atoms. The molecular weight excluding hydrogens is 506 g/mol. The van der Waals surface area contributed by atoms with Crippen LogP contribution in [0.4, 0.5) is 11.6 Å². The van der Waals surface area contributed by atoms with E-state index in [2.05, 4.69) is 39.3 Å². The lowest BCUT2D eigenvalue weighted by Crippen LogP contribution is -2.14. The Morgan fingerprint density at radius 3 is 1.51 bits per heavy atom. The number of anilines is 2. The number of rotatable bonds is 4. The van der Waals surface area contributed by atoms with Gasteiger partial charge in [-0.25, -0.2) is 4.98 Å². The minimum atomic E-state index is -0.315. The molecule has 0 aliphatic heterocycles. The van der Waals surface area contributed by atoms with E-state index in [4.69, 9.17) is 0 Å². The number of nitrogens with zero attached hydrogens (tertiary/aromatic N) is 1. The van der Waals surface area contributed by atoms with E-state index in [1.54, 1.807) is 49.4 Å². The summed E-state index contributed by atoms with van der Waals surface area (Å²) in [4.78, 5) is 40.1. The predicted octanol–water partition coefficient (Wildman–Crippen LogP) is 5.73. The number of thioether (sulfide) groups is 1. The molecule has 2 N–H and O–H groups in total. The fourth-order valence-corrected chi connectivity index (χ4v) is 3.95. The van der Waals surface area contributed by atoms with Gasteiger partial charge in [-0.1, -0.05) is 41.5 Å². The minimum absolute atomic E-state index is 0.0538. The van der Waals surface area contributed by atoms with Crippen LogP contribution in [0.1, 0.15) is 46.5 Å². The number of carbonyl (C=O) groups excluding carboxylic acids is 3. The summed E-state index contributed by atoms with van der Waals surface area (Å²) in [5.41, 5.74) is 3.82. The minimum Gasteiger partial charge on any atom is -0.311 e. The van der Waals surface area contributed by atoms with Crippen LogP contribution in [-0.2, 0) is 9.59 Å². The van der Waals surface area contributed by atoms with Crippen molar-refractivity contribution in [2.45, 2.75) is 18.7 Å². The second-order valence-corrected chi connectivity index (χ2v) is 9.57. The van der Waals surface area contributed by atoms with Gasteiger partial charge in [-0.05, 0) is 84.9 Å². The first-order valence-corrected chi connectivity index (χ1v) is 12.7. The lowest BCUT2D eigenvalue weighted by molar-refractivity contribution is -0.114. The lowest BCUT2D eigenvalue weighted by Gasteiger charge is -2.07. The van der Waals surface area contributed by atoms with Crippen LogP contribution in [0, 0.1) is 23.7 Å². The Labute approximate surface area is 231 Å². The first kappa shape index (κ1) is 26.9. The molecule has 0 aliphatic carbocycles. The van der Waals surface area contributed by atoms with Gasteiger partial charge in [-0.2, -0.15) is 0 Å². The number of aromatic nitrogens is 1. The van der Waals surface area contributed by atoms with Gasteiger partial charge in [0.05, 0.1) is 0 Å². The quantitative estimate of drug-likeness (QED) is 0.260. The molecule has 0 radical (unpaired) electrons. The molecule has 0 unspecified atom stereocenters. The van der Waals surface area contributed by atoms with E-state index in [1.165, 1.54) is 18.7 Å². The highest BCUT2D eigenvalue weighted by Gasteiger charge is 2.07. The molecule has 0 saturated carbocycles. The zero-order chi connectivity index (χ0) is 27.6. The summed E-state index contributed by atoms with van der Waals surface area (Å²) >= 11 is 1.20. The molecule has 1 heterocycles. The molecule has 6 nitrogen and oxygen atoms in total. The molecule has 4 aromatic rings. The van der Waals surface area contributed by atoms with Crippen LogP contribution < -0.4 is 10.6 Å². The lowest BCUT2D eigenvalue weighted by atomic mass is 10.1. The summed E-state index contributed by atoms with van der Waals surface area (Å²) in [5.74, 6) is 12.6. The predicted molar refractivity (Wildman–Crippen MR) is 154 cm³/mol. The van der Waals surface area contributed by atoms with Crippen molar-refractivity contribution in [3.8, 4) is 23.7 Å². The van der Waals surface area contributed by atoms with Crippen LogP contribution in [0.15, 0.2) is 95.9 Å². The molecular formula is C32H23N3O3S. The summed E-state index contributed by atoms with van der Waals surface area (Å²) in [6, 6.07) is 27.2. The van der Waals surface area contributed by atoms with Gasteiger partial charge in [0.2, 0.25) is 5.91 Å². The summed E-state index contributed by atoms with van der Waals surface area (Å²) < 4.78 is 0. The Morgan fingerprint density at radius 2 is 1.05 bits per heavy atom. The van der Waals surface area contributed by atoms with E-state index >= 15 is 0 Å². The highest BCUT2D eigenvalue weighted by molar-refractivity contribution is 8.13. The number of amides is 2. The average Bonchev–Trinajstić information content (AvgIpc) is 2.92. The number of nitrogens with one attached hydrogen (secondary N) is 2. The van der Waals surface area contributed by atoms with Gasteiger partial charge >= 0.3 is 0 Å². The Balaban J connectivity index is 1.35. The molecule has 7 heteroatoms. The van der Waals surface area contributed by atoms with Crippen molar-refractivity contribution in [1.82, 2.24) is 4.98 Å². The van der Waals surface area contributed by atoms with Gasteiger partial charge in [0.1, 0.15) is 11.6 Å². The highest BCUT2D eigenvalue weighted by Crippen LogP contribution is 2.18. The van der Waals surface area contributed by atoms with Crippen molar-refractivity contribution in [2.24, 2.45) is 0 Å². The molecule has 0 fully saturated rings. The van der Waals surface area contributed by atoms with Crippen molar-refractivity contribution in [3.05, 3.63) is 119 Å². The van der Waals surface area contributed by atoms with E-state index < -0.39 is 0 Å². The topological polar surface area (TPSA) is 88.2 Å². The second kappa shape index (κ2) is 12.9. The molecule has 3 aromatic carbocycles. The number of benzene rings is 3. The summed E-state index contributed by atoms with van der Waals surface area (Å²) in [5, 5.41) is 5.36. The Hall–Kier alpha value is -5.11. The van der Waals surface area contributed by atoms with Crippen LogP contribution in [0.25, 0.3) is 0 Å². The molecule has 1 aromatic heterocycles. The molecule has 190 valence electrons. The van der Waals surface area contributed by atoms with Crippen LogP contribution in [-0.4, -0.2) is 21.9 Å². The first-order valence-electron chi connectivity index (χ1n) is 11.9. The maximum Gasteiger partial charge on any atom is 0.256 e. The normalized spacial score (nSPS) is 9.79. The van der Waals surface area contributed by atoms with Crippen molar-refractivity contribution in [1.29, 1.82) is 0 Å². The van der Waals surface area contributed by atoms with Gasteiger partial charge in [0.15, 0.2) is 5.12 Å². The second-order valence-electron chi connectivity index (χ2n) is 8.32. The molecule has 2 amide bonds. The molecule has 0 spiro atoms. The zero-order valence-electron chi connectivity index (χ0n) is 21.2. The standard InChI is InChI=1S/C32H23N3O3S/c1-22(36)33-30-4-3-5-31(34-30)35-32(38)28-18-14-26(15-19-28)12-10-24-6-8-25(9-7-24)11-13-27-16-20-29(21-17-27)39-23(2)37/h3-9,14-21H,1-2H3,(H2,33,34,35,36,38). The van der Waals surface area contributed by atoms with Crippen molar-refractivity contribution in [3.63, 3.8) is 0 Å². The maximum absolute atomic E-state index is 12.6. The van der Waals surface area contributed by atoms with Crippen LogP contribution in [0.3, 0.4) is 0 Å². The van der Waals surface area contributed by atoms with Crippen molar-refractivity contribution >= 4 is 40.3 Å². The first-order chi connectivity index (χ1) is 18.8. The van der Waals surface area contributed by atoms with Gasteiger partial charge in [0, 0.05) is 46.6 Å². The molecule has 0 atom stereocenters. The highest BCUT2D eigenvalue weighted by atomic mass is 32.2. The molecule has 39 heavy (non-hydrogen) atoms. The van der Waals surface area contributed by atoms with E-state index in [1.807, 2.05) is 48.5 Å². The van der Waals surface area contributed by atoms with Crippen molar-refractivity contribution < 1.29 is 14.4 Å². The molecule has 4 rings (SSSR count). The van der Waals surface area contributed by atoms with Crippen LogP contribution >= 0.6 is 11.8 Å². The van der Waals surface area contributed by atoms with Crippen molar-refractivity contribution in [2.75, 3.05) is 10.6 Å². The van der Waals surface area contributed by atoms with E-state index in [0.29, 0.717) is 17.2 Å². The van der Waals surface area contributed by atoms with Crippen LogP contribution in [0.5, 0.6) is 0 Å². The fourth-order valence-electron chi connectivity index (χ4n) is 3.35. The van der Waals surface area contributed by atoms with E-state index in [9.17, 15) is 14.4 Å². The Kier molecular flexibility index (Phi) is 8.92. The number of hydrogen-bond acceptors (Lipinski definition) is 5. The third-order valence-electron chi connectivity index (χ3n) is 5.15. The zero-order valence-corrected chi connectivity index (χ0v) is 22.1. The molecule has 0 saturated heterocycles. The van der Waals surface area contributed by atoms with Gasteiger partial charge < -0.3 is 10.6 Å². The van der Waals surface area contributed by atoms with Gasteiger partial charge in [-0.15, -0.1) is 0 Å². The summed E-state index contributed by atoms with van der Waals surface area (Å²) in [6.07, 6.45) is 0. The maximum atomic E-state index is 12.6. The third kappa shape index (κ3) is 8.46. The Morgan fingerprint density at radius 1 is 0.615 bits per heavy atom. The number of pyridine rings is 1. The third-order valence-corrected chi connectivity index (χ3v) is 5.94. The van der Waals surface area contributed by atoms with E-state index in [0.717, 1.165) is 27.1 Å². The Bertz CT molecular complexity index is 1640. The number of carbonyl (C=O) groups is 3. The largest absolute Gasteiger partial charge is 0.311 e. The summed E-state index contributed by atoms with van der Waals surface area (Å²) in [6.45, 7) is 2.93. The van der Waals surface area contributed by atoms with E-state index in [-0.39, 0.29) is 16.9 Å². The average molecular weight is 530 g/mol. The van der Waals surface area contributed by atoms with Crippen LogP contribution in [0.2, 0.25) is 0 Å².